The third kappa shape index (κ3) is 2.18. The van der Waals surface area contributed by atoms with Crippen molar-refractivity contribution in [1.82, 2.24) is 0 Å². The van der Waals surface area contributed by atoms with Crippen molar-refractivity contribution in [2.45, 2.75) is 19.8 Å². The molecule has 19 heavy (non-hydrogen) atoms. The van der Waals surface area contributed by atoms with Gasteiger partial charge in [-0.15, -0.1) is 0 Å². The largest absolute Gasteiger partial charge is 0.314 e. The van der Waals surface area contributed by atoms with Crippen molar-refractivity contribution in [3.8, 4) is 12.1 Å². The Bertz CT molecular complexity index is 588. The van der Waals surface area contributed by atoms with Gasteiger partial charge in [0.25, 0.3) is 0 Å². The first-order chi connectivity index (χ1) is 9.02. The van der Waals surface area contributed by atoms with E-state index < -0.39 is 5.41 Å². The van der Waals surface area contributed by atoms with E-state index in [-0.39, 0.29) is 5.91 Å². The predicted octanol–water partition coefficient (Wildman–Crippen LogP) is 2.46. The van der Waals surface area contributed by atoms with Gasteiger partial charge in [0.2, 0.25) is 5.91 Å². The van der Waals surface area contributed by atoms with Crippen LogP contribution in [0.2, 0.25) is 0 Å². The summed E-state index contributed by atoms with van der Waals surface area (Å²) in [5.74, 6) is 0.241. The average Bonchev–Trinajstić information content (AvgIpc) is 2.42. The molecule has 0 N–H and O–H groups in total. The van der Waals surface area contributed by atoms with Crippen molar-refractivity contribution in [1.29, 1.82) is 10.5 Å². The summed E-state index contributed by atoms with van der Waals surface area (Å²) in [6, 6.07) is 11.1. The number of benzene rings is 1. The molecular formula is C15H15N3O. The highest BCUT2D eigenvalue weighted by Crippen LogP contribution is 2.46. The average molecular weight is 253 g/mol. The van der Waals surface area contributed by atoms with E-state index >= 15 is 0 Å². The minimum Gasteiger partial charge on any atom is -0.314 e. The van der Waals surface area contributed by atoms with E-state index in [1.807, 2.05) is 13.0 Å². The van der Waals surface area contributed by atoms with Gasteiger partial charge < -0.3 is 4.90 Å². The molecule has 1 aromatic carbocycles. The summed E-state index contributed by atoms with van der Waals surface area (Å²) in [6.45, 7) is 2.04. The second-order valence-corrected chi connectivity index (χ2v) is 5.23. The Hall–Kier alpha value is -2.33. The summed E-state index contributed by atoms with van der Waals surface area (Å²) >= 11 is 0. The summed E-state index contributed by atoms with van der Waals surface area (Å²) in [5, 5.41) is 18.1. The summed E-state index contributed by atoms with van der Waals surface area (Å²) < 4.78 is 0. The van der Waals surface area contributed by atoms with Crippen LogP contribution < -0.4 is 4.90 Å². The van der Waals surface area contributed by atoms with Crippen molar-refractivity contribution < 1.29 is 4.79 Å². The SMILES string of the molecule is CC1CC(C#N)(C(=O)N(C)c2cccc(C#N)c2)C1. The zero-order valence-electron chi connectivity index (χ0n) is 11.1. The number of rotatable bonds is 2. The quantitative estimate of drug-likeness (QED) is 0.813. The van der Waals surface area contributed by atoms with Crippen LogP contribution in [0.3, 0.4) is 0 Å². The van der Waals surface area contributed by atoms with Gasteiger partial charge in [0.15, 0.2) is 0 Å². The first kappa shape index (κ1) is 13.1. The highest BCUT2D eigenvalue weighted by molar-refractivity contribution is 5.99. The lowest BCUT2D eigenvalue weighted by molar-refractivity contribution is -0.130. The number of carbonyl (C=O) groups excluding carboxylic acids is 1. The molecule has 0 unspecified atom stereocenters. The van der Waals surface area contributed by atoms with E-state index in [1.54, 1.807) is 31.3 Å². The second-order valence-electron chi connectivity index (χ2n) is 5.23. The topological polar surface area (TPSA) is 67.9 Å². The van der Waals surface area contributed by atoms with E-state index in [1.165, 1.54) is 4.90 Å². The molecule has 0 radical (unpaired) electrons. The minimum atomic E-state index is -0.878. The highest BCUT2D eigenvalue weighted by Gasteiger charge is 2.50. The lowest BCUT2D eigenvalue weighted by Crippen LogP contribution is -2.48. The molecule has 1 amide bonds. The van der Waals surface area contributed by atoms with Crippen LogP contribution in [0.5, 0.6) is 0 Å². The summed E-state index contributed by atoms with van der Waals surface area (Å²) in [7, 11) is 1.65. The van der Waals surface area contributed by atoms with Gasteiger partial charge in [0.05, 0.1) is 17.7 Å². The molecule has 0 saturated heterocycles. The van der Waals surface area contributed by atoms with Gasteiger partial charge in [0.1, 0.15) is 5.41 Å². The Kier molecular flexibility index (Phi) is 3.27. The monoisotopic (exact) mass is 253 g/mol. The van der Waals surface area contributed by atoms with Gasteiger partial charge in [-0.2, -0.15) is 10.5 Å². The van der Waals surface area contributed by atoms with Crippen LogP contribution in [0.15, 0.2) is 24.3 Å². The molecule has 0 bridgehead atoms. The standard InChI is InChI=1S/C15H15N3O/c1-11-7-15(8-11,10-17)14(19)18(2)13-5-3-4-12(6-13)9-16/h3-6,11H,7-8H2,1-2H3. The number of amides is 1. The first-order valence-corrected chi connectivity index (χ1v) is 6.22. The Morgan fingerprint density at radius 2 is 2.11 bits per heavy atom. The second kappa shape index (κ2) is 4.74. The lowest BCUT2D eigenvalue weighted by Gasteiger charge is -2.41. The van der Waals surface area contributed by atoms with E-state index in [9.17, 15) is 10.1 Å². The Balaban J connectivity index is 2.25. The van der Waals surface area contributed by atoms with E-state index in [2.05, 4.69) is 6.07 Å². The molecule has 0 aromatic heterocycles. The van der Waals surface area contributed by atoms with E-state index in [0.717, 1.165) is 0 Å². The molecule has 1 aromatic rings. The molecule has 1 aliphatic carbocycles. The van der Waals surface area contributed by atoms with Crippen LogP contribution in [0.25, 0.3) is 0 Å². The van der Waals surface area contributed by atoms with Crippen LogP contribution in [0.1, 0.15) is 25.3 Å². The maximum Gasteiger partial charge on any atom is 0.247 e. The molecule has 96 valence electrons. The van der Waals surface area contributed by atoms with Crippen molar-refractivity contribution in [2.24, 2.45) is 11.3 Å². The van der Waals surface area contributed by atoms with Crippen LogP contribution >= 0.6 is 0 Å². The van der Waals surface area contributed by atoms with Crippen LogP contribution in [-0.2, 0) is 4.79 Å². The first-order valence-electron chi connectivity index (χ1n) is 6.22. The molecule has 1 aliphatic rings. The fraction of sp³-hybridized carbons (Fsp3) is 0.400. The maximum atomic E-state index is 12.4. The van der Waals surface area contributed by atoms with Gasteiger partial charge in [-0.3, -0.25) is 4.79 Å². The zero-order valence-corrected chi connectivity index (χ0v) is 11.1. The fourth-order valence-electron chi connectivity index (χ4n) is 2.67. The normalized spacial score (nSPS) is 24.7. The lowest BCUT2D eigenvalue weighted by atomic mass is 9.63. The number of hydrogen-bond donors (Lipinski definition) is 0. The highest BCUT2D eigenvalue weighted by atomic mass is 16.2. The molecular weight excluding hydrogens is 238 g/mol. The van der Waals surface area contributed by atoms with Crippen molar-refractivity contribution in [3.63, 3.8) is 0 Å². The van der Waals surface area contributed by atoms with E-state index in [0.29, 0.717) is 30.0 Å². The smallest absolute Gasteiger partial charge is 0.247 e. The number of hydrogen-bond acceptors (Lipinski definition) is 3. The van der Waals surface area contributed by atoms with Crippen LogP contribution in [0.4, 0.5) is 5.69 Å². The molecule has 0 heterocycles. The number of anilines is 1. The summed E-state index contributed by atoms with van der Waals surface area (Å²) in [4.78, 5) is 13.9. The third-order valence-corrected chi connectivity index (χ3v) is 3.68. The zero-order chi connectivity index (χ0) is 14.0. The predicted molar refractivity (Wildman–Crippen MR) is 71.0 cm³/mol. The molecule has 1 saturated carbocycles. The van der Waals surface area contributed by atoms with Gasteiger partial charge in [-0.1, -0.05) is 13.0 Å². The fourth-order valence-corrected chi connectivity index (χ4v) is 2.67. The molecule has 0 spiro atoms. The van der Waals surface area contributed by atoms with Crippen molar-refractivity contribution in [3.05, 3.63) is 29.8 Å². The molecule has 4 nitrogen and oxygen atoms in total. The van der Waals surface area contributed by atoms with Crippen LogP contribution in [0, 0.1) is 34.0 Å². The molecule has 4 heteroatoms. The van der Waals surface area contributed by atoms with Gasteiger partial charge in [-0.25, -0.2) is 0 Å². The number of nitrogens with zero attached hydrogens (tertiary/aromatic N) is 3. The van der Waals surface area contributed by atoms with Gasteiger partial charge in [-0.05, 0) is 37.0 Å². The Labute approximate surface area is 112 Å². The molecule has 1 fully saturated rings. The Morgan fingerprint density at radius 3 is 2.63 bits per heavy atom. The Morgan fingerprint density at radius 1 is 1.42 bits per heavy atom. The molecule has 0 aliphatic heterocycles. The number of carbonyl (C=O) groups is 1. The van der Waals surface area contributed by atoms with E-state index in [4.69, 9.17) is 5.26 Å². The maximum absolute atomic E-state index is 12.4. The summed E-state index contributed by atoms with van der Waals surface area (Å²) in [6.07, 6.45) is 1.23. The van der Waals surface area contributed by atoms with Gasteiger partial charge >= 0.3 is 0 Å². The van der Waals surface area contributed by atoms with Crippen molar-refractivity contribution in [2.75, 3.05) is 11.9 Å². The van der Waals surface area contributed by atoms with Crippen molar-refractivity contribution >= 4 is 11.6 Å². The minimum absolute atomic E-state index is 0.178. The number of nitriles is 2. The summed E-state index contributed by atoms with van der Waals surface area (Å²) in [5.41, 5.74) is 0.278. The van der Waals surface area contributed by atoms with Crippen LogP contribution in [-0.4, -0.2) is 13.0 Å². The third-order valence-electron chi connectivity index (χ3n) is 3.68. The molecule has 2 rings (SSSR count). The molecule has 0 atom stereocenters. The van der Waals surface area contributed by atoms with Gasteiger partial charge in [0, 0.05) is 12.7 Å².